The summed E-state index contributed by atoms with van der Waals surface area (Å²) in [6.07, 6.45) is 0. The van der Waals surface area contributed by atoms with Crippen LogP contribution in [0, 0.1) is 6.92 Å². The van der Waals surface area contributed by atoms with Crippen LogP contribution in [-0.2, 0) is 7.05 Å². The number of para-hydroxylation sites is 1. The first kappa shape index (κ1) is 11.3. The Morgan fingerprint density at radius 2 is 1.85 bits per heavy atom. The number of rotatable bonds is 0. The monoisotopic (exact) mass is 261 g/mol. The van der Waals surface area contributed by atoms with Gasteiger partial charge in [0.25, 0.3) is 0 Å². The molecule has 0 aliphatic carbocycles. The molecule has 98 valence electrons. The number of nitrogens with zero attached hydrogens (tertiary/aromatic N) is 2. The zero-order chi connectivity index (χ0) is 13.9. The molecular weight excluding hydrogens is 246 g/mol. The first-order chi connectivity index (χ1) is 9.66. The zero-order valence-electron chi connectivity index (χ0n) is 11.5. The Morgan fingerprint density at radius 3 is 2.70 bits per heavy atom. The molecule has 0 atom stereocenters. The number of benzene rings is 2. The van der Waals surface area contributed by atoms with Gasteiger partial charge in [0, 0.05) is 34.6 Å². The van der Waals surface area contributed by atoms with E-state index < -0.39 is 0 Å². The fourth-order valence-electron chi connectivity index (χ4n) is 3.08. The molecule has 0 aromatic heterocycles. The zero-order valence-corrected chi connectivity index (χ0v) is 11.5. The SMILES string of the molecule is Cc1c2c3ccccc3nc-2n(C)c2ccc(N)cc12. The Kier molecular flexibility index (Phi) is 2.11. The van der Waals surface area contributed by atoms with Crippen molar-refractivity contribution < 1.29 is 0 Å². The first-order valence-corrected chi connectivity index (χ1v) is 6.70. The lowest BCUT2D eigenvalue weighted by Crippen LogP contribution is -2.02. The summed E-state index contributed by atoms with van der Waals surface area (Å²) in [4.78, 5) is 4.78. The van der Waals surface area contributed by atoms with E-state index in [0.717, 1.165) is 22.5 Å². The third kappa shape index (κ3) is 1.32. The fraction of sp³-hybridized carbons (Fsp3) is 0.118. The van der Waals surface area contributed by atoms with E-state index in [0.29, 0.717) is 0 Å². The standard InChI is InChI=1S/C17H15N3/c1-10-13-9-11(18)7-8-15(13)20(2)17-16(10)12-5-3-4-6-14(12)19-17/h3-9H,18H2,1-2H3. The predicted molar refractivity (Wildman–Crippen MR) is 84.0 cm³/mol. The number of fused-ring (bicyclic) bond motifs is 4. The second kappa shape index (κ2) is 3.73. The molecule has 0 saturated heterocycles. The highest BCUT2D eigenvalue weighted by molar-refractivity contribution is 6.04. The van der Waals surface area contributed by atoms with E-state index in [1.54, 1.807) is 0 Å². The molecule has 2 aliphatic heterocycles. The molecule has 20 heavy (non-hydrogen) atoms. The summed E-state index contributed by atoms with van der Waals surface area (Å²) in [5, 5.41) is 2.40. The van der Waals surface area contributed by atoms with Crippen molar-refractivity contribution >= 4 is 27.5 Å². The first-order valence-electron chi connectivity index (χ1n) is 6.70. The van der Waals surface area contributed by atoms with Crippen LogP contribution in [0.5, 0.6) is 0 Å². The van der Waals surface area contributed by atoms with Crippen molar-refractivity contribution in [3.8, 4) is 11.4 Å². The lowest BCUT2D eigenvalue weighted by Gasteiger charge is -2.15. The van der Waals surface area contributed by atoms with Crippen LogP contribution in [0.3, 0.4) is 0 Å². The molecule has 0 fully saturated rings. The van der Waals surface area contributed by atoms with E-state index in [9.17, 15) is 0 Å². The minimum Gasteiger partial charge on any atom is -0.399 e. The summed E-state index contributed by atoms with van der Waals surface area (Å²) in [5.74, 6) is 1.03. The molecule has 4 rings (SSSR count). The van der Waals surface area contributed by atoms with Gasteiger partial charge in [-0.1, -0.05) is 18.2 Å². The Labute approximate surface area is 117 Å². The van der Waals surface area contributed by atoms with E-state index in [4.69, 9.17) is 10.7 Å². The molecule has 0 radical (unpaired) electrons. The van der Waals surface area contributed by atoms with Crippen molar-refractivity contribution in [1.29, 1.82) is 0 Å². The van der Waals surface area contributed by atoms with Crippen LogP contribution in [0.1, 0.15) is 5.56 Å². The van der Waals surface area contributed by atoms with E-state index in [2.05, 4.69) is 42.8 Å². The van der Waals surface area contributed by atoms with E-state index in [1.165, 1.54) is 21.9 Å². The Bertz CT molecular complexity index is 934. The number of hydrogen-bond donors (Lipinski definition) is 1. The molecule has 2 heterocycles. The quantitative estimate of drug-likeness (QED) is 0.490. The van der Waals surface area contributed by atoms with Gasteiger partial charge in [0.15, 0.2) is 0 Å². The van der Waals surface area contributed by atoms with Crippen molar-refractivity contribution in [3.63, 3.8) is 0 Å². The predicted octanol–water partition coefficient (Wildman–Crippen LogP) is 3.72. The summed E-state index contributed by atoms with van der Waals surface area (Å²) < 4.78 is 2.15. The number of nitrogen functional groups attached to an aromatic ring is 1. The highest BCUT2D eigenvalue weighted by atomic mass is 15.0. The molecule has 0 unspecified atom stereocenters. The molecule has 2 aromatic carbocycles. The maximum absolute atomic E-state index is 5.95. The molecular formula is C17H15N3. The Morgan fingerprint density at radius 1 is 1.05 bits per heavy atom. The lowest BCUT2D eigenvalue weighted by molar-refractivity contribution is 0.936. The largest absolute Gasteiger partial charge is 0.399 e. The molecule has 0 amide bonds. The smallest absolute Gasteiger partial charge is 0.141 e. The van der Waals surface area contributed by atoms with Gasteiger partial charge in [-0.15, -0.1) is 0 Å². The van der Waals surface area contributed by atoms with Crippen LogP contribution in [0.4, 0.5) is 5.69 Å². The molecule has 3 nitrogen and oxygen atoms in total. The Balaban J connectivity index is 2.33. The molecule has 3 heteroatoms. The van der Waals surface area contributed by atoms with Crippen LogP contribution in [-0.4, -0.2) is 9.55 Å². The van der Waals surface area contributed by atoms with Gasteiger partial charge >= 0.3 is 0 Å². The molecule has 2 aliphatic rings. The third-order valence-electron chi connectivity index (χ3n) is 4.10. The summed E-state index contributed by atoms with van der Waals surface area (Å²) >= 11 is 0. The minimum absolute atomic E-state index is 0.795. The van der Waals surface area contributed by atoms with Crippen LogP contribution in [0.2, 0.25) is 0 Å². The Hall–Kier alpha value is -2.55. The second-order valence-corrected chi connectivity index (χ2v) is 5.29. The topological polar surface area (TPSA) is 43.8 Å². The minimum atomic E-state index is 0.795. The van der Waals surface area contributed by atoms with Gasteiger partial charge in [0.1, 0.15) is 5.82 Å². The summed E-state index contributed by atoms with van der Waals surface area (Å²) in [6, 6.07) is 14.3. The van der Waals surface area contributed by atoms with Crippen molar-refractivity contribution in [2.45, 2.75) is 6.92 Å². The summed E-state index contributed by atoms with van der Waals surface area (Å²) in [7, 11) is 2.06. The number of anilines is 1. The number of hydrogen-bond acceptors (Lipinski definition) is 2. The van der Waals surface area contributed by atoms with Crippen LogP contribution < -0.4 is 5.73 Å². The highest BCUT2D eigenvalue weighted by Crippen LogP contribution is 2.38. The normalized spacial score (nSPS) is 11.7. The molecule has 0 bridgehead atoms. The van der Waals surface area contributed by atoms with Gasteiger partial charge in [0.2, 0.25) is 0 Å². The highest BCUT2D eigenvalue weighted by Gasteiger charge is 2.19. The van der Waals surface area contributed by atoms with Crippen LogP contribution in [0.15, 0.2) is 42.5 Å². The number of nitrogens with two attached hydrogens (primary N) is 1. The van der Waals surface area contributed by atoms with Crippen molar-refractivity contribution in [1.82, 2.24) is 9.55 Å². The van der Waals surface area contributed by atoms with Gasteiger partial charge in [-0.3, -0.25) is 0 Å². The summed E-state index contributed by atoms with van der Waals surface area (Å²) in [5.41, 5.74) is 11.4. The van der Waals surface area contributed by atoms with Crippen molar-refractivity contribution in [2.75, 3.05) is 5.73 Å². The van der Waals surface area contributed by atoms with E-state index in [-0.39, 0.29) is 0 Å². The average molecular weight is 261 g/mol. The van der Waals surface area contributed by atoms with Crippen molar-refractivity contribution in [3.05, 3.63) is 48.0 Å². The van der Waals surface area contributed by atoms with E-state index in [1.807, 2.05) is 18.2 Å². The molecule has 0 saturated carbocycles. The number of pyridine rings is 1. The molecule has 2 aromatic rings. The van der Waals surface area contributed by atoms with Gasteiger partial charge < -0.3 is 10.3 Å². The fourth-order valence-corrected chi connectivity index (χ4v) is 3.08. The molecule has 2 N–H and O–H groups in total. The van der Waals surface area contributed by atoms with E-state index >= 15 is 0 Å². The second-order valence-electron chi connectivity index (χ2n) is 5.29. The maximum atomic E-state index is 5.95. The average Bonchev–Trinajstić information content (AvgIpc) is 2.84. The molecule has 0 spiro atoms. The van der Waals surface area contributed by atoms with Crippen LogP contribution >= 0.6 is 0 Å². The van der Waals surface area contributed by atoms with Gasteiger partial charge in [-0.2, -0.15) is 0 Å². The maximum Gasteiger partial charge on any atom is 0.141 e. The number of aryl methyl sites for hydroxylation is 2. The summed E-state index contributed by atoms with van der Waals surface area (Å²) in [6.45, 7) is 2.15. The third-order valence-corrected chi connectivity index (χ3v) is 4.10. The van der Waals surface area contributed by atoms with Gasteiger partial charge in [0.05, 0.1) is 5.52 Å². The number of aromatic nitrogens is 2. The van der Waals surface area contributed by atoms with Crippen LogP contribution in [0.25, 0.3) is 33.2 Å². The van der Waals surface area contributed by atoms with Crippen molar-refractivity contribution in [2.24, 2.45) is 7.05 Å². The van der Waals surface area contributed by atoms with Gasteiger partial charge in [-0.25, -0.2) is 4.98 Å². The van der Waals surface area contributed by atoms with Gasteiger partial charge in [-0.05, 0) is 36.8 Å². The lowest BCUT2D eigenvalue weighted by atomic mass is 10.00.